The highest BCUT2D eigenvalue weighted by Crippen LogP contribution is 2.21. The molecule has 23 heavy (non-hydrogen) atoms. The summed E-state index contributed by atoms with van der Waals surface area (Å²) < 4.78 is 5.63. The highest BCUT2D eigenvalue weighted by atomic mass is 16.5. The van der Waals surface area contributed by atoms with Crippen molar-refractivity contribution in [2.24, 2.45) is 0 Å². The molecule has 2 aromatic carbocycles. The molecule has 2 N–H and O–H groups in total. The monoisotopic (exact) mass is 314 g/mol. The fourth-order valence-corrected chi connectivity index (χ4v) is 2.13. The van der Waals surface area contributed by atoms with Crippen LogP contribution in [0.1, 0.15) is 33.1 Å². The summed E-state index contributed by atoms with van der Waals surface area (Å²) in [6, 6.07) is 13.6. The maximum Gasteiger partial charge on any atom is 0.279 e. The molecule has 0 aliphatic rings. The third kappa shape index (κ3) is 4.98. The second-order valence-corrected chi connectivity index (χ2v) is 5.41. The third-order valence-corrected chi connectivity index (χ3v) is 3.49. The van der Waals surface area contributed by atoms with E-state index in [9.17, 15) is 9.59 Å². The Hall–Kier alpha value is -2.56. The van der Waals surface area contributed by atoms with Gasteiger partial charge in [0.05, 0.1) is 0 Å². The van der Waals surface area contributed by atoms with Crippen LogP contribution >= 0.6 is 0 Å². The first-order valence-corrected chi connectivity index (χ1v) is 7.84. The van der Waals surface area contributed by atoms with Crippen molar-refractivity contribution in [2.45, 2.75) is 39.2 Å². The minimum Gasteiger partial charge on any atom is -0.481 e. The second kappa shape index (κ2) is 8.17. The standard InChI is InChI=1S/C18H22N2O3/c1-3-4-9-17(21)19-20-18(22)13(2)23-16-11-10-14-7-5-6-8-15(14)12-16/h5-8,10-13H,3-4,9H2,1-2H3,(H,19,21)(H,20,22). The predicted octanol–water partition coefficient (Wildman–Crippen LogP) is 2.94. The Balaban J connectivity index is 1.88. The molecule has 0 heterocycles. The van der Waals surface area contributed by atoms with E-state index >= 15 is 0 Å². The summed E-state index contributed by atoms with van der Waals surface area (Å²) in [6.07, 6.45) is 1.42. The van der Waals surface area contributed by atoms with Gasteiger partial charge in [-0.05, 0) is 36.2 Å². The van der Waals surface area contributed by atoms with Gasteiger partial charge in [0.25, 0.3) is 5.91 Å². The smallest absolute Gasteiger partial charge is 0.279 e. The van der Waals surface area contributed by atoms with E-state index in [1.54, 1.807) is 6.92 Å². The van der Waals surface area contributed by atoms with Crippen molar-refractivity contribution in [1.82, 2.24) is 10.9 Å². The van der Waals surface area contributed by atoms with Crippen LogP contribution in [-0.4, -0.2) is 17.9 Å². The quantitative estimate of drug-likeness (QED) is 0.806. The summed E-state index contributed by atoms with van der Waals surface area (Å²) in [5.74, 6) is 0.0322. The Bertz CT molecular complexity index is 685. The summed E-state index contributed by atoms with van der Waals surface area (Å²) in [4.78, 5) is 23.4. The van der Waals surface area contributed by atoms with Crippen molar-refractivity contribution >= 4 is 22.6 Å². The lowest BCUT2D eigenvalue weighted by Crippen LogP contribution is -2.47. The number of ether oxygens (including phenoxy) is 1. The van der Waals surface area contributed by atoms with Gasteiger partial charge in [0, 0.05) is 6.42 Å². The van der Waals surface area contributed by atoms with E-state index in [0.29, 0.717) is 12.2 Å². The summed E-state index contributed by atoms with van der Waals surface area (Å²) in [7, 11) is 0. The number of hydrazine groups is 1. The number of unbranched alkanes of at least 4 members (excludes halogenated alkanes) is 1. The third-order valence-electron chi connectivity index (χ3n) is 3.49. The topological polar surface area (TPSA) is 67.4 Å². The lowest BCUT2D eigenvalue weighted by molar-refractivity contribution is -0.132. The van der Waals surface area contributed by atoms with Crippen LogP contribution in [0.2, 0.25) is 0 Å². The fourth-order valence-electron chi connectivity index (χ4n) is 2.13. The lowest BCUT2D eigenvalue weighted by Gasteiger charge is -2.15. The van der Waals surface area contributed by atoms with Crippen LogP contribution in [0.5, 0.6) is 5.75 Å². The molecule has 0 aliphatic carbocycles. The zero-order valence-electron chi connectivity index (χ0n) is 13.5. The molecule has 0 radical (unpaired) electrons. The molecule has 0 bridgehead atoms. The van der Waals surface area contributed by atoms with Gasteiger partial charge in [0.2, 0.25) is 5.91 Å². The maximum atomic E-state index is 11.9. The maximum absolute atomic E-state index is 11.9. The second-order valence-electron chi connectivity index (χ2n) is 5.41. The molecule has 0 saturated heterocycles. The van der Waals surface area contributed by atoms with Gasteiger partial charge in [-0.1, -0.05) is 43.7 Å². The number of rotatable bonds is 6. The number of nitrogens with one attached hydrogen (secondary N) is 2. The van der Waals surface area contributed by atoms with Crippen LogP contribution in [0.3, 0.4) is 0 Å². The highest BCUT2D eigenvalue weighted by Gasteiger charge is 2.15. The molecular weight excluding hydrogens is 292 g/mol. The van der Waals surface area contributed by atoms with Crippen LogP contribution in [0.25, 0.3) is 10.8 Å². The summed E-state index contributed by atoms with van der Waals surface area (Å²) in [5, 5.41) is 2.16. The van der Waals surface area contributed by atoms with Crippen molar-refractivity contribution in [3.63, 3.8) is 0 Å². The van der Waals surface area contributed by atoms with Gasteiger partial charge < -0.3 is 4.74 Å². The van der Waals surface area contributed by atoms with Gasteiger partial charge >= 0.3 is 0 Å². The van der Waals surface area contributed by atoms with Crippen LogP contribution in [0.4, 0.5) is 0 Å². The SMILES string of the molecule is CCCCC(=O)NNC(=O)C(C)Oc1ccc2ccccc2c1. The molecule has 0 fully saturated rings. The predicted molar refractivity (Wildman–Crippen MR) is 89.8 cm³/mol. The molecule has 5 heteroatoms. The van der Waals surface area contributed by atoms with Crippen molar-refractivity contribution in [2.75, 3.05) is 0 Å². The Morgan fingerprint density at radius 2 is 1.83 bits per heavy atom. The van der Waals surface area contributed by atoms with E-state index in [4.69, 9.17) is 4.74 Å². The van der Waals surface area contributed by atoms with Crippen molar-refractivity contribution in [1.29, 1.82) is 0 Å². The molecule has 2 aromatic rings. The van der Waals surface area contributed by atoms with Crippen LogP contribution < -0.4 is 15.6 Å². The van der Waals surface area contributed by atoms with Crippen LogP contribution in [-0.2, 0) is 9.59 Å². The highest BCUT2D eigenvalue weighted by molar-refractivity contribution is 5.85. The molecule has 2 rings (SSSR count). The lowest BCUT2D eigenvalue weighted by atomic mass is 10.1. The minimum absolute atomic E-state index is 0.196. The summed E-state index contributed by atoms with van der Waals surface area (Å²) in [5.41, 5.74) is 4.78. The molecule has 1 atom stereocenters. The number of carbonyl (C=O) groups excluding carboxylic acids is 2. The molecule has 0 aliphatic heterocycles. The Morgan fingerprint density at radius 1 is 1.09 bits per heavy atom. The van der Waals surface area contributed by atoms with E-state index in [1.807, 2.05) is 49.4 Å². The molecule has 1 unspecified atom stereocenters. The van der Waals surface area contributed by atoms with E-state index in [1.165, 1.54) is 0 Å². The zero-order valence-corrected chi connectivity index (χ0v) is 13.5. The number of fused-ring (bicyclic) bond motifs is 1. The van der Waals surface area contributed by atoms with Crippen molar-refractivity contribution < 1.29 is 14.3 Å². The van der Waals surface area contributed by atoms with E-state index < -0.39 is 6.10 Å². The van der Waals surface area contributed by atoms with Crippen molar-refractivity contribution in [3.05, 3.63) is 42.5 Å². The van der Waals surface area contributed by atoms with Gasteiger partial charge in [-0.15, -0.1) is 0 Å². The first kappa shape index (κ1) is 16.8. The van der Waals surface area contributed by atoms with Crippen LogP contribution in [0.15, 0.2) is 42.5 Å². The molecule has 0 spiro atoms. The average Bonchev–Trinajstić information content (AvgIpc) is 2.57. The average molecular weight is 314 g/mol. The molecule has 0 aromatic heterocycles. The van der Waals surface area contributed by atoms with E-state index in [0.717, 1.165) is 23.6 Å². The van der Waals surface area contributed by atoms with Crippen molar-refractivity contribution in [3.8, 4) is 5.75 Å². The Kier molecular flexibility index (Phi) is 5.97. The summed E-state index contributed by atoms with van der Waals surface area (Å²) >= 11 is 0. The Morgan fingerprint density at radius 3 is 2.57 bits per heavy atom. The molecule has 122 valence electrons. The normalized spacial score (nSPS) is 11.7. The van der Waals surface area contributed by atoms with Gasteiger partial charge in [-0.2, -0.15) is 0 Å². The fraction of sp³-hybridized carbons (Fsp3) is 0.333. The molecule has 5 nitrogen and oxygen atoms in total. The first-order chi connectivity index (χ1) is 11.1. The minimum atomic E-state index is -0.706. The molecular formula is C18H22N2O3. The van der Waals surface area contributed by atoms with Crippen LogP contribution in [0, 0.1) is 0 Å². The van der Waals surface area contributed by atoms with E-state index in [2.05, 4.69) is 10.9 Å². The van der Waals surface area contributed by atoms with Gasteiger partial charge in [0.1, 0.15) is 5.75 Å². The largest absolute Gasteiger partial charge is 0.481 e. The Labute approximate surface area is 136 Å². The number of benzene rings is 2. The molecule has 0 saturated carbocycles. The zero-order chi connectivity index (χ0) is 16.7. The summed E-state index contributed by atoms with van der Waals surface area (Å²) in [6.45, 7) is 3.65. The number of hydrogen-bond donors (Lipinski definition) is 2. The van der Waals surface area contributed by atoms with Gasteiger partial charge in [-0.25, -0.2) is 0 Å². The van der Waals surface area contributed by atoms with E-state index in [-0.39, 0.29) is 11.8 Å². The van der Waals surface area contributed by atoms with Gasteiger partial charge in [0.15, 0.2) is 6.10 Å². The van der Waals surface area contributed by atoms with Gasteiger partial charge in [-0.3, -0.25) is 20.4 Å². The number of carbonyl (C=O) groups is 2. The number of amides is 2. The first-order valence-electron chi connectivity index (χ1n) is 7.84. The molecule has 2 amide bonds. The number of hydrogen-bond acceptors (Lipinski definition) is 3.